The van der Waals surface area contributed by atoms with Gasteiger partial charge in [0, 0.05) is 16.2 Å². The first-order chi connectivity index (χ1) is 16.3. The highest BCUT2D eigenvalue weighted by atomic mass is 127. The molecule has 1 unspecified atom stereocenters. The molecule has 0 aromatic heterocycles. The molecule has 1 atom stereocenters. The molecule has 0 radical (unpaired) electrons. The lowest BCUT2D eigenvalue weighted by molar-refractivity contribution is -0.130. The molecule has 7 nitrogen and oxygen atoms in total. The Kier molecular flexibility index (Phi) is 9.07. The van der Waals surface area contributed by atoms with Crippen molar-refractivity contribution >= 4 is 52.1 Å². The van der Waals surface area contributed by atoms with Crippen LogP contribution in [0.2, 0.25) is 5.02 Å². The van der Waals surface area contributed by atoms with Crippen molar-refractivity contribution in [2.45, 2.75) is 32.2 Å². The number of benzene rings is 2. The summed E-state index contributed by atoms with van der Waals surface area (Å²) in [5.41, 5.74) is 1.04. The number of piperidine rings is 1. The summed E-state index contributed by atoms with van der Waals surface area (Å²) in [5.74, 6) is 0.613. The first-order valence-corrected chi connectivity index (χ1v) is 12.3. The average Bonchev–Trinajstić information content (AvgIpc) is 2.84. The fourth-order valence-electron chi connectivity index (χ4n) is 3.92. The van der Waals surface area contributed by atoms with Crippen LogP contribution < -0.4 is 19.5 Å². The van der Waals surface area contributed by atoms with Gasteiger partial charge in [0.15, 0.2) is 11.5 Å². The van der Waals surface area contributed by atoms with Crippen molar-refractivity contribution in [1.82, 2.24) is 10.2 Å². The van der Waals surface area contributed by atoms with Crippen LogP contribution in [0.15, 0.2) is 36.0 Å². The van der Waals surface area contributed by atoms with Crippen molar-refractivity contribution in [3.05, 3.63) is 55.7 Å². The predicted octanol–water partition coefficient (Wildman–Crippen LogP) is 5.14. The summed E-state index contributed by atoms with van der Waals surface area (Å²) >= 11 is 8.39. The Bertz CT molecular complexity index is 1080. The minimum Gasteiger partial charge on any atom is -0.493 e. The number of methoxy groups -OCH3 is 3. The maximum Gasteiger partial charge on any atom is 0.270 e. The molecule has 1 saturated heterocycles. The number of nitrogens with one attached hydrogen (secondary N) is 1. The Morgan fingerprint density at radius 2 is 1.76 bits per heavy atom. The van der Waals surface area contributed by atoms with Crippen molar-refractivity contribution < 1.29 is 23.8 Å². The van der Waals surface area contributed by atoms with E-state index in [4.69, 9.17) is 25.8 Å². The Morgan fingerprint density at radius 3 is 2.35 bits per heavy atom. The van der Waals surface area contributed by atoms with Crippen LogP contribution in [-0.2, 0) is 4.79 Å². The van der Waals surface area contributed by atoms with Crippen LogP contribution in [-0.4, -0.2) is 50.6 Å². The fourth-order valence-corrected chi connectivity index (χ4v) is 4.61. The number of halogens is 2. The third-order valence-electron chi connectivity index (χ3n) is 5.71. The zero-order valence-corrected chi connectivity index (χ0v) is 22.5. The second-order valence-corrected chi connectivity index (χ2v) is 9.59. The summed E-state index contributed by atoms with van der Waals surface area (Å²) in [6.45, 7) is 2.65. The zero-order chi connectivity index (χ0) is 24.8. The number of hydrogen-bond acceptors (Lipinski definition) is 5. The molecule has 2 aromatic rings. The molecular formula is C25H28ClIN2O5. The van der Waals surface area contributed by atoms with Gasteiger partial charge in [-0.25, -0.2) is 0 Å². The van der Waals surface area contributed by atoms with Gasteiger partial charge in [0.25, 0.3) is 11.8 Å². The lowest BCUT2D eigenvalue weighted by Gasteiger charge is -2.34. The summed E-state index contributed by atoms with van der Waals surface area (Å²) < 4.78 is 17.1. The van der Waals surface area contributed by atoms with E-state index in [1.807, 2.05) is 13.0 Å². The van der Waals surface area contributed by atoms with E-state index < -0.39 is 5.91 Å². The van der Waals surface area contributed by atoms with Crippen LogP contribution in [0.4, 0.5) is 0 Å². The van der Waals surface area contributed by atoms with E-state index in [0.717, 1.165) is 22.8 Å². The monoisotopic (exact) mass is 598 g/mol. The van der Waals surface area contributed by atoms with E-state index >= 15 is 0 Å². The Labute approximate surface area is 218 Å². The van der Waals surface area contributed by atoms with E-state index in [1.54, 1.807) is 35.2 Å². The van der Waals surface area contributed by atoms with Gasteiger partial charge in [-0.1, -0.05) is 11.6 Å². The second kappa shape index (κ2) is 11.8. The smallest absolute Gasteiger partial charge is 0.270 e. The number of carbonyl (C=O) groups is 2. The molecule has 1 heterocycles. The van der Waals surface area contributed by atoms with Gasteiger partial charge in [-0.05, 0) is 90.7 Å². The summed E-state index contributed by atoms with van der Waals surface area (Å²) in [6.07, 6.45) is 4.53. The van der Waals surface area contributed by atoms with Gasteiger partial charge in [-0.2, -0.15) is 0 Å². The van der Waals surface area contributed by atoms with Gasteiger partial charge in [0.05, 0.1) is 31.9 Å². The largest absolute Gasteiger partial charge is 0.493 e. The molecule has 0 aliphatic carbocycles. The van der Waals surface area contributed by atoms with E-state index in [-0.39, 0.29) is 17.6 Å². The zero-order valence-electron chi connectivity index (χ0n) is 19.6. The maximum absolute atomic E-state index is 13.6. The van der Waals surface area contributed by atoms with Crippen molar-refractivity contribution in [3.8, 4) is 17.2 Å². The topological polar surface area (TPSA) is 77.1 Å². The lowest BCUT2D eigenvalue weighted by Crippen LogP contribution is -2.45. The number of rotatable bonds is 7. The van der Waals surface area contributed by atoms with Gasteiger partial charge in [0.2, 0.25) is 5.75 Å². The fraction of sp³-hybridized carbons (Fsp3) is 0.360. The lowest BCUT2D eigenvalue weighted by atomic mass is 10.0. The number of carbonyl (C=O) groups excluding carboxylic acids is 2. The number of nitrogens with zero attached hydrogens (tertiary/aromatic N) is 1. The molecule has 1 fully saturated rings. The van der Waals surface area contributed by atoms with Crippen LogP contribution in [0.1, 0.15) is 42.1 Å². The molecule has 0 saturated carbocycles. The molecule has 1 aliphatic rings. The Morgan fingerprint density at radius 1 is 1.09 bits per heavy atom. The van der Waals surface area contributed by atoms with E-state index in [0.29, 0.717) is 39.9 Å². The molecule has 3 rings (SSSR count). The Hall–Kier alpha value is -2.46. The van der Waals surface area contributed by atoms with Crippen LogP contribution in [0.5, 0.6) is 17.2 Å². The first kappa shape index (κ1) is 26.2. The normalized spacial score (nSPS) is 16.1. The molecule has 182 valence electrons. The molecule has 9 heteroatoms. The molecule has 1 N–H and O–H groups in total. The number of hydrogen-bond donors (Lipinski definition) is 1. The van der Waals surface area contributed by atoms with Crippen molar-refractivity contribution in [3.63, 3.8) is 0 Å². The summed E-state index contributed by atoms with van der Waals surface area (Å²) in [5, 5.41) is 3.11. The quantitative estimate of drug-likeness (QED) is 0.353. The number of likely N-dealkylation sites (tertiary alicyclic amines) is 1. The number of amides is 2. The van der Waals surface area contributed by atoms with E-state index in [9.17, 15) is 9.59 Å². The molecule has 2 amide bonds. The van der Waals surface area contributed by atoms with E-state index in [2.05, 4.69) is 27.9 Å². The van der Waals surface area contributed by atoms with Gasteiger partial charge < -0.3 is 24.4 Å². The highest BCUT2D eigenvalue weighted by Crippen LogP contribution is 2.38. The molecule has 34 heavy (non-hydrogen) atoms. The number of ether oxygens (including phenoxy) is 3. The SMILES string of the molecule is COc1cc(/C=C(\NC(=O)c2cc(I)ccc2Cl)C(=O)N2CCCCC2C)cc(OC)c1OC. The summed E-state index contributed by atoms with van der Waals surface area (Å²) in [7, 11) is 4.56. The third kappa shape index (κ3) is 5.96. The third-order valence-corrected chi connectivity index (χ3v) is 6.71. The van der Waals surface area contributed by atoms with Crippen LogP contribution in [0.25, 0.3) is 6.08 Å². The summed E-state index contributed by atoms with van der Waals surface area (Å²) in [6, 6.07) is 8.67. The maximum atomic E-state index is 13.6. The van der Waals surface area contributed by atoms with Gasteiger partial charge in [0.1, 0.15) is 5.70 Å². The van der Waals surface area contributed by atoms with Crippen LogP contribution in [0, 0.1) is 3.57 Å². The molecule has 2 aromatic carbocycles. The standard InChI is InChI=1S/C25H28ClIN2O5/c1-15-7-5-6-10-29(15)25(31)20(28-24(30)18-14-17(27)8-9-19(18)26)11-16-12-21(32-2)23(34-4)22(13-16)33-3/h8-9,11-15H,5-7,10H2,1-4H3,(H,28,30)/b20-11-. The highest BCUT2D eigenvalue weighted by molar-refractivity contribution is 14.1. The first-order valence-electron chi connectivity index (χ1n) is 10.9. The van der Waals surface area contributed by atoms with Gasteiger partial charge >= 0.3 is 0 Å². The second-order valence-electron chi connectivity index (χ2n) is 7.94. The van der Waals surface area contributed by atoms with Crippen molar-refractivity contribution in [2.24, 2.45) is 0 Å². The van der Waals surface area contributed by atoms with Crippen LogP contribution >= 0.6 is 34.2 Å². The molecule has 0 spiro atoms. The molecular weight excluding hydrogens is 571 g/mol. The van der Waals surface area contributed by atoms with Crippen molar-refractivity contribution in [2.75, 3.05) is 27.9 Å². The molecule has 0 bridgehead atoms. The van der Waals surface area contributed by atoms with Crippen LogP contribution in [0.3, 0.4) is 0 Å². The predicted molar refractivity (Wildman–Crippen MR) is 141 cm³/mol. The minimum absolute atomic E-state index is 0.0720. The highest BCUT2D eigenvalue weighted by Gasteiger charge is 2.27. The van der Waals surface area contributed by atoms with E-state index in [1.165, 1.54) is 21.3 Å². The molecule has 1 aliphatic heterocycles. The van der Waals surface area contributed by atoms with Gasteiger partial charge in [-0.15, -0.1) is 0 Å². The summed E-state index contributed by atoms with van der Waals surface area (Å²) in [4.78, 5) is 28.5. The average molecular weight is 599 g/mol. The minimum atomic E-state index is -0.458. The van der Waals surface area contributed by atoms with Crippen molar-refractivity contribution in [1.29, 1.82) is 0 Å². The Balaban J connectivity index is 2.06. The van der Waals surface area contributed by atoms with Gasteiger partial charge in [-0.3, -0.25) is 9.59 Å².